The summed E-state index contributed by atoms with van der Waals surface area (Å²) >= 11 is 1.44. The maximum absolute atomic E-state index is 13.1. The number of benzene rings is 1. The number of nitriles is 1. The highest BCUT2D eigenvalue weighted by molar-refractivity contribution is 7.98. The Morgan fingerprint density at radius 2 is 1.90 bits per heavy atom. The van der Waals surface area contributed by atoms with E-state index < -0.39 is 11.7 Å². The fraction of sp³-hybridized carbons (Fsp3) is 0.536. The summed E-state index contributed by atoms with van der Waals surface area (Å²) in [6.45, 7) is 9.53. The van der Waals surface area contributed by atoms with Crippen molar-refractivity contribution in [1.82, 2.24) is 19.8 Å². The maximum atomic E-state index is 13.1. The molecule has 0 unspecified atom stereocenters. The van der Waals surface area contributed by atoms with Gasteiger partial charge in [0.1, 0.15) is 18.0 Å². The lowest BCUT2D eigenvalue weighted by Gasteiger charge is -2.45. The first-order valence-electron chi connectivity index (χ1n) is 13.1. The Morgan fingerprint density at radius 1 is 1.15 bits per heavy atom. The van der Waals surface area contributed by atoms with Gasteiger partial charge in [-0.05, 0) is 45.9 Å². The van der Waals surface area contributed by atoms with E-state index in [1.54, 1.807) is 9.80 Å². The van der Waals surface area contributed by atoms with E-state index in [2.05, 4.69) is 11.0 Å². The van der Waals surface area contributed by atoms with E-state index >= 15 is 0 Å². The van der Waals surface area contributed by atoms with Crippen molar-refractivity contribution in [3.63, 3.8) is 0 Å². The second-order valence-corrected chi connectivity index (χ2v) is 11.6. The maximum Gasteiger partial charge on any atom is 0.410 e. The van der Waals surface area contributed by atoms with Gasteiger partial charge in [0.05, 0.1) is 36.8 Å². The summed E-state index contributed by atoms with van der Waals surface area (Å²) in [5.41, 5.74) is 2.13. The number of ether oxygens (including phenoxy) is 2. The lowest BCUT2D eigenvalue weighted by Crippen LogP contribution is -2.60. The molecule has 1 aromatic heterocycles. The van der Waals surface area contributed by atoms with Gasteiger partial charge in [0.15, 0.2) is 5.16 Å². The molecule has 0 radical (unpaired) electrons. The standard InChI is InChI=1S/C28H36N6O4S/c1-19-15-33(16-21(11-13-29)34(19)27(36)37-18-20-9-7-6-8-10-20)24-22-12-14-32(26(35)38-28(2,3)4)17-23(22)30-25(31-24)39-5/h6-10,19,21H,11-12,14-18H2,1-5H3/t19-,21-/m0/s1. The van der Waals surface area contributed by atoms with Gasteiger partial charge >= 0.3 is 12.2 Å². The van der Waals surface area contributed by atoms with Gasteiger partial charge in [-0.25, -0.2) is 19.6 Å². The SMILES string of the molecule is CSc1nc2c(c(N3C[C@H](CC#N)N(C(=O)OCc4ccccc4)[C@@H](C)C3)n1)CCN(C(=O)OC(C)(C)C)C2. The molecule has 11 heteroatoms. The molecule has 10 nitrogen and oxygen atoms in total. The topological polar surface area (TPSA) is 112 Å². The molecule has 1 saturated heterocycles. The van der Waals surface area contributed by atoms with Crippen molar-refractivity contribution in [2.24, 2.45) is 0 Å². The number of piperazine rings is 1. The smallest absolute Gasteiger partial charge is 0.410 e. The van der Waals surface area contributed by atoms with Crippen LogP contribution in [0.15, 0.2) is 35.5 Å². The van der Waals surface area contributed by atoms with Crippen LogP contribution >= 0.6 is 11.8 Å². The van der Waals surface area contributed by atoms with Crippen LogP contribution in [0.25, 0.3) is 0 Å². The first-order chi connectivity index (χ1) is 18.6. The number of thioether (sulfide) groups is 1. The van der Waals surface area contributed by atoms with E-state index in [9.17, 15) is 14.9 Å². The molecule has 0 bridgehead atoms. The van der Waals surface area contributed by atoms with Gasteiger partial charge in [0.2, 0.25) is 0 Å². The number of carbonyl (C=O) groups excluding carboxylic acids is 2. The van der Waals surface area contributed by atoms with Crippen LogP contribution in [0, 0.1) is 11.3 Å². The number of hydrogen-bond donors (Lipinski definition) is 0. The summed E-state index contributed by atoms with van der Waals surface area (Å²) in [6, 6.07) is 11.2. The van der Waals surface area contributed by atoms with Gasteiger partial charge < -0.3 is 19.3 Å². The third kappa shape index (κ3) is 6.92. The average Bonchev–Trinajstić information content (AvgIpc) is 2.90. The first kappa shape index (κ1) is 28.5. The number of aromatic nitrogens is 2. The minimum Gasteiger partial charge on any atom is -0.445 e. The van der Waals surface area contributed by atoms with Gasteiger partial charge in [-0.2, -0.15) is 5.26 Å². The van der Waals surface area contributed by atoms with E-state index in [1.807, 2.05) is 64.3 Å². The van der Waals surface area contributed by atoms with Crippen molar-refractivity contribution >= 4 is 29.8 Å². The van der Waals surface area contributed by atoms with E-state index in [0.29, 0.717) is 37.8 Å². The quantitative estimate of drug-likeness (QED) is 0.387. The van der Waals surface area contributed by atoms with Crippen molar-refractivity contribution in [2.45, 2.75) is 76.5 Å². The number of amides is 2. The highest BCUT2D eigenvalue weighted by Crippen LogP contribution is 2.32. The molecule has 4 rings (SSSR count). The largest absolute Gasteiger partial charge is 0.445 e. The summed E-state index contributed by atoms with van der Waals surface area (Å²) in [6.07, 6.45) is 1.91. The zero-order chi connectivity index (χ0) is 28.2. The highest BCUT2D eigenvalue weighted by Gasteiger charge is 2.39. The second kappa shape index (κ2) is 12.1. The van der Waals surface area contributed by atoms with E-state index in [1.165, 1.54) is 11.8 Å². The lowest BCUT2D eigenvalue weighted by molar-refractivity contribution is 0.0220. The zero-order valence-electron chi connectivity index (χ0n) is 23.2. The average molecular weight is 553 g/mol. The molecule has 0 N–H and O–H groups in total. The number of fused-ring (bicyclic) bond motifs is 1. The molecule has 2 aliphatic heterocycles. The molecule has 39 heavy (non-hydrogen) atoms. The summed E-state index contributed by atoms with van der Waals surface area (Å²) in [4.78, 5) is 41.0. The van der Waals surface area contributed by atoms with Crippen LogP contribution in [0.2, 0.25) is 0 Å². The van der Waals surface area contributed by atoms with E-state index in [4.69, 9.17) is 19.4 Å². The van der Waals surface area contributed by atoms with Crippen LogP contribution in [0.5, 0.6) is 0 Å². The second-order valence-electron chi connectivity index (χ2n) is 10.8. The van der Waals surface area contributed by atoms with Crippen molar-refractivity contribution in [3.8, 4) is 6.07 Å². The summed E-state index contributed by atoms with van der Waals surface area (Å²) in [5.74, 6) is 0.806. The van der Waals surface area contributed by atoms with Crippen LogP contribution in [-0.4, -0.2) is 75.5 Å². The minimum atomic E-state index is -0.577. The first-order valence-corrected chi connectivity index (χ1v) is 14.3. The fourth-order valence-corrected chi connectivity index (χ4v) is 5.35. The van der Waals surface area contributed by atoms with Crippen LogP contribution < -0.4 is 4.90 Å². The molecule has 2 amide bonds. The Kier molecular flexibility index (Phi) is 8.85. The predicted octanol–water partition coefficient (Wildman–Crippen LogP) is 4.62. The number of anilines is 1. The zero-order valence-corrected chi connectivity index (χ0v) is 24.0. The van der Waals surface area contributed by atoms with Crippen LogP contribution in [0.4, 0.5) is 15.4 Å². The molecule has 0 saturated carbocycles. The van der Waals surface area contributed by atoms with Crippen molar-refractivity contribution in [3.05, 3.63) is 47.2 Å². The van der Waals surface area contributed by atoms with Crippen LogP contribution in [0.1, 0.15) is 50.9 Å². The van der Waals surface area contributed by atoms with E-state index in [0.717, 1.165) is 22.6 Å². The Morgan fingerprint density at radius 3 is 2.56 bits per heavy atom. The summed E-state index contributed by atoms with van der Waals surface area (Å²) < 4.78 is 11.2. The molecule has 2 atom stereocenters. The van der Waals surface area contributed by atoms with Gasteiger partial charge in [0, 0.05) is 25.2 Å². The molecule has 0 spiro atoms. The molecular formula is C28H36N6O4S. The summed E-state index contributed by atoms with van der Waals surface area (Å²) in [5, 5.41) is 10.2. The van der Waals surface area contributed by atoms with Crippen LogP contribution in [0.3, 0.4) is 0 Å². The van der Waals surface area contributed by atoms with Gasteiger partial charge in [0.25, 0.3) is 0 Å². The Balaban J connectivity index is 1.54. The van der Waals surface area contributed by atoms with Crippen LogP contribution in [-0.2, 0) is 29.0 Å². The van der Waals surface area contributed by atoms with E-state index in [-0.39, 0.29) is 31.2 Å². The lowest BCUT2D eigenvalue weighted by atomic mass is 10.0. The van der Waals surface area contributed by atoms with Crippen molar-refractivity contribution in [2.75, 3.05) is 30.8 Å². The third-order valence-corrected chi connectivity index (χ3v) is 7.23. The molecular weight excluding hydrogens is 516 g/mol. The molecule has 3 heterocycles. The number of hydrogen-bond acceptors (Lipinski definition) is 9. The van der Waals surface area contributed by atoms with Gasteiger partial charge in [-0.15, -0.1) is 0 Å². The van der Waals surface area contributed by atoms with Gasteiger partial charge in [-0.3, -0.25) is 4.90 Å². The molecule has 0 aliphatic carbocycles. The Labute approximate surface area is 234 Å². The highest BCUT2D eigenvalue weighted by atomic mass is 32.2. The number of carbonyl (C=O) groups is 2. The fourth-order valence-electron chi connectivity index (χ4n) is 4.97. The molecule has 1 aromatic carbocycles. The molecule has 2 aromatic rings. The van der Waals surface area contributed by atoms with Gasteiger partial charge in [-0.1, -0.05) is 42.1 Å². The molecule has 1 fully saturated rings. The van der Waals surface area contributed by atoms with Crippen molar-refractivity contribution in [1.29, 1.82) is 5.26 Å². The summed E-state index contributed by atoms with van der Waals surface area (Å²) in [7, 11) is 0. The minimum absolute atomic E-state index is 0.177. The predicted molar refractivity (Wildman–Crippen MR) is 148 cm³/mol. The molecule has 208 valence electrons. The Bertz CT molecular complexity index is 1230. The number of nitrogens with zero attached hydrogens (tertiary/aromatic N) is 6. The normalized spacial score (nSPS) is 19.2. The monoisotopic (exact) mass is 552 g/mol. The third-order valence-electron chi connectivity index (χ3n) is 6.68. The Hall–Kier alpha value is -3.52. The molecule has 2 aliphatic rings. The van der Waals surface area contributed by atoms with Crippen molar-refractivity contribution < 1.29 is 19.1 Å². The number of rotatable bonds is 5.